The maximum atomic E-state index is 12.4. The third-order valence-corrected chi connectivity index (χ3v) is 4.48. The number of esters is 1. The number of ether oxygens (including phenoxy) is 1. The number of nitrogens with one attached hydrogen (secondary N) is 2. The summed E-state index contributed by atoms with van der Waals surface area (Å²) < 4.78 is 27.9. The Morgan fingerprint density at radius 3 is 2.36 bits per heavy atom. The molecule has 0 fully saturated rings. The molecule has 0 aliphatic rings. The maximum absolute atomic E-state index is 12.4. The lowest BCUT2D eigenvalue weighted by molar-refractivity contribution is -0.150. The van der Waals surface area contributed by atoms with Gasteiger partial charge in [-0.2, -0.15) is 0 Å². The minimum atomic E-state index is -3.35. The number of carbonyl (C=O) groups is 3. The van der Waals surface area contributed by atoms with Crippen molar-refractivity contribution in [2.45, 2.75) is 45.7 Å². The number of amides is 2. The van der Waals surface area contributed by atoms with Crippen molar-refractivity contribution in [2.75, 3.05) is 18.6 Å². The monoisotopic (exact) mass is 412 g/mol. The highest BCUT2D eigenvalue weighted by Crippen LogP contribution is 2.07. The number of hydrogen-bond donors (Lipinski definition) is 2. The van der Waals surface area contributed by atoms with Crippen LogP contribution in [0.25, 0.3) is 0 Å². The van der Waals surface area contributed by atoms with Gasteiger partial charge in [0.05, 0.1) is 5.75 Å². The van der Waals surface area contributed by atoms with Crippen LogP contribution < -0.4 is 10.6 Å². The fraction of sp³-hybridized carbons (Fsp3) is 0.526. The molecule has 28 heavy (non-hydrogen) atoms. The topological polar surface area (TPSA) is 119 Å². The number of rotatable bonds is 8. The number of sulfone groups is 1. The molecule has 156 valence electrons. The molecule has 1 atom stereocenters. The van der Waals surface area contributed by atoms with Crippen LogP contribution >= 0.6 is 0 Å². The highest BCUT2D eigenvalue weighted by Gasteiger charge is 2.25. The highest BCUT2D eigenvalue weighted by atomic mass is 32.2. The molecule has 8 nitrogen and oxygen atoms in total. The van der Waals surface area contributed by atoms with Crippen LogP contribution in [-0.4, -0.2) is 56.4 Å². The van der Waals surface area contributed by atoms with Crippen LogP contribution in [0.5, 0.6) is 0 Å². The predicted molar refractivity (Wildman–Crippen MR) is 106 cm³/mol. The van der Waals surface area contributed by atoms with Crippen LogP contribution in [0.3, 0.4) is 0 Å². The third kappa shape index (κ3) is 9.50. The van der Waals surface area contributed by atoms with Gasteiger partial charge in [-0.15, -0.1) is 0 Å². The van der Waals surface area contributed by atoms with E-state index >= 15 is 0 Å². The highest BCUT2D eigenvalue weighted by molar-refractivity contribution is 7.90. The standard InChI is InChI=1S/C19H28N2O6S/c1-13-7-6-8-14(11-13)17(23)20-15(9-10-28(5,25)26)18(24)27-12-16(22)21-19(2,3)4/h6-8,11,15H,9-10,12H2,1-5H3,(H,20,23)(H,21,22)/t15-/m0/s1. The van der Waals surface area contributed by atoms with Crippen molar-refractivity contribution in [3.05, 3.63) is 35.4 Å². The summed E-state index contributed by atoms with van der Waals surface area (Å²) in [7, 11) is -3.35. The lowest BCUT2D eigenvalue weighted by Crippen LogP contribution is -2.46. The summed E-state index contributed by atoms with van der Waals surface area (Å²) >= 11 is 0. The number of benzene rings is 1. The van der Waals surface area contributed by atoms with Crippen LogP contribution in [0.1, 0.15) is 43.1 Å². The molecule has 0 unspecified atom stereocenters. The quantitative estimate of drug-likeness (QED) is 0.615. The van der Waals surface area contributed by atoms with Crippen molar-refractivity contribution in [3.8, 4) is 0 Å². The Morgan fingerprint density at radius 2 is 1.82 bits per heavy atom. The molecule has 2 N–H and O–H groups in total. The van der Waals surface area contributed by atoms with Crippen LogP contribution in [0.2, 0.25) is 0 Å². The van der Waals surface area contributed by atoms with Gasteiger partial charge in [0.15, 0.2) is 6.61 Å². The van der Waals surface area contributed by atoms with Gasteiger partial charge in [0.2, 0.25) is 0 Å². The van der Waals surface area contributed by atoms with Gasteiger partial charge in [-0.1, -0.05) is 17.7 Å². The van der Waals surface area contributed by atoms with E-state index in [0.29, 0.717) is 5.56 Å². The van der Waals surface area contributed by atoms with Crippen LogP contribution in [-0.2, 0) is 24.2 Å². The zero-order valence-corrected chi connectivity index (χ0v) is 17.7. The molecular formula is C19H28N2O6S. The normalized spacial score (nSPS) is 12.8. The molecule has 1 aromatic carbocycles. The van der Waals surface area contributed by atoms with Gasteiger partial charge < -0.3 is 15.4 Å². The van der Waals surface area contributed by atoms with E-state index in [1.165, 1.54) is 0 Å². The molecule has 2 amide bonds. The summed E-state index contributed by atoms with van der Waals surface area (Å²) in [6.07, 6.45) is 0.880. The molecule has 0 saturated heterocycles. The minimum Gasteiger partial charge on any atom is -0.454 e. The van der Waals surface area contributed by atoms with Gasteiger partial charge in [-0.25, -0.2) is 13.2 Å². The van der Waals surface area contributed by atoms with Crippen molar-refractivity contribution in [3.63, 3.8) is 0 Å². The van der Waals surface area contributed by atoms with E-state index in [1.807, 2.05) is 13.0 Å². The van der Waals surface area contributed by atoms with Gasteiger partial charge in [-0.05, 0) is 46.2 Å². The van der Waals surface area contributed by atoms with Crippen molar-refractivity contribution < 1.29 is 27.5 Å². The molecule has 0 aliphatic heterocycles. The molecule has 0 aromatic heterocycles. The molecular weight excluding hydrogens is 384 g/mol. The van der Waals surface area contributed by atoms with Gasteiger partial charge in [0.25, 0.3) is 11.8 Å². The van der Waals surface area contributed by atoms with Crippen LogP contribution in [0.15, 0.2) is 24.3 Å². The van der Waals surface area contributed by atoms with E-state index in [1.54, 1.807) is 39.0 Å². The van der Waals surface area contributed by atoms with E-state index < -0.39 is 45.8 Å². The van der Waals surface area contributed by atoms with Gasteiger partial charge in [-0.3, -0.25) is 9.59 Å². The predicted octanol–water partition coefficient (Wildman–Crippen LogP) is 0.986. The van der Waals surface area contributed by atoms with Crippen molar-refractivity contribution >= 4 is 27.6 Å². The van der Waals surface area contributed by atoms with Crippen molar-refractivity contribution in [1.82, 2.24) is 10.6 Å². The van der Waals surface area contributed by atoms with Gasteiger partial charge in [0, 0.05) is 17.4 Å². The molecule has 0 spiro atoms. The number of aryl methyl sites for hydroxylation is 1. The van der Waals surface area contributed by atoms with Crippen LogP contribution in [0.4, 0.5) is 0 Å². The van der Waals surface area contributed by atoms with Gasteiger partial charge in [0.1, 0.15) is 15.9 Å². The first-order chi connectivity index (χ1) is 12.8. The Bertz CT molecular complexity index is 827. The van der Waals surface area contributed by atoms with Gasteiger partial charge >= 0.3 is 5.97 Å². The lowest BCUT2D eigenvalue weighted by atomic mass is 10.1. The Balaban J connectivity index is 2.81. The fourth-order valence-electron chi connectivity index (χ4n) is 2.30. The largest absolute Gasteiger partial charge is 0.454 e. The average Bonchev–Trinajstić information content (AvgIpc) is 2.53. The minimum absolute atomic E-state index is 0.157. The molecule has 0 saturated carbocycles. The van der Waals surface area contributed by atoms with E-state index in [9.17, 15) is 22.8 Å². The molecule has 0 radical (unpaired) electrons. The van der Waals surface area contributed by atoms with Crippen molar-refractivity contribution in [1.29, 1.82) is 0 Å². The zero-order valence-electron chi connectivity index (χ0n) is 16.9. The lowest BCUT2D eigenvalue weighted by Gasteiger charge is -2.21. The summed E-state index contributed by atoms with van der Waals surface area (Å²) in [6, 6.07) is 5.55. The Morgan fingerprint density at radius 1 is 1.18 bits per heavy atom. The maximum Gasteiger partial charge on any atom is 0.329 e. The van der Waals surface area contributed by atoms with E-state index in [-0.39, 0.29) is 12.2 Å². The van der Waals surface area contributed by atoms with E-state index in [4.69, 9.17) is 4.74 Å². The Kier molecular flexibility index (Phi) is 8.16. The summed E-state index contributed by atoms with van der Waals surface area (Å²) in [4.78, 5) is 36.6. The third-order valence-electron chi connectivity index (χ3n) is 3.51. The molecule has 0 heterocycles. The molecule has 9 heteroatoms. The number of carbonyl (C=O) groups excluding carboxylic acids is 3. The van der Waals surface area contributed by atoms with Crippen molar-refractivity contribution in [2.24, 2.45) is 0 Å². The summed E-state index contributed by atoms with van der Waals surface area (Å²) in [5, 5.41) is 5.14. The van der Waals surface area contributed by atoms with Crippen LogP contribution in [0, 0.1) is 6.92 Å². The molecule has 0 aliphatic carbocycles. The molecule has 0 bridgehead atoms. The molecule has 1 aromatic rings. The summed E-state index contributed by atoms with van der Waals surface area (Å²) in [6.45, 7) is 6.64. The fourth-order valence-corrected chi connectivity index (χ4v) is 2.96. The Hall–Kier alpha value is -2.42. The first kappa shape index (κ1) is 23.6. The molecule has 1 rings (SSSR count). The van der Waals surface area contributed by atoms with E-state index in [2.05, 4.69) is 10.6 Å². The second-order valence-electron chi connectivity index (χ2n) is 7.72. The first-order valence-corrected chi connectivity index (χ1v) is 10.9. The summed E-state index contributed by atoms with van der Waals surface area (Å²) in [5.74, 6) is -2.20. The Labute approximate surface area is 165 Å². The second kappa shape index (κ2) is 9.68. The second-order valence-corrected chi connectivity index (χ2v) is 9.98. The summed E-state index contributed by atoms with van der Waals surface area (Å²) in [5.41, 5.74) is 0.711. The average molecular weight is 413 g/mol. The first-order valence-electron chi connectivity index (χ1n) is 8.80. The smallest absolute Gasteiger partial charge is 0.329 e. The van der Waals surface area contributed by atoms with E-state index in [0.717, 1.165) is 11.8 Å². The number of hydrogen-bond acceptors (Lipinski definition) is 6. The SMILES string of the molecule is Cc1cccc(C(=O)N[C@@H](CCS(C)(=O)=O)C(=O)OCC(=O)NC(C)(C)C)c1. The zero-order chi connectivity index (χ0) is 21.5.